The van der Waals surface area contributed by atoms with Crippen LogP contribution in [-0.2, 0) is 0 Å². The molecule has 238 valence electrons. The summed E-state index contributed by atoms with van der Waals surface area (Å²) in [5, 5.41) is 0. The largest absolute Gasteiger partial charge is 0.432 e. The molecule has 2 rings (SSSR count). The van der Waals surface area contributed by atoms with E-state index in [9.17, 15) is 105 Å². The zero-order valence-electron chi connectivity index (χ0n) is 16.8. The number of halogens is 26. The third-order valence-electron chi connectivity index (χ3n) is 6.46. The molecule has 26 heteroatoms. The molecule has 2 aliphatic rings. The van der Waals surface area contributed by atoms with Crippen LogP contribution in [0.2, 0.25) is 0 Å². The van der Waals surface area contributed by atoms with Crippen molar-refractivity contribution in [2.75, 3.05) is 0 Å². The van der Waals surface area contributed by atoms with Crippen LogP contribution in [0.1, 0.15) is 0 Å². The number of fused-ring (bicyclic) bond motifs is 1. The second kappa shape index (κ2) is 7.21. The van der Waals surface area contributed by atoms with E-state index in [1.165, 1.54) is 0 Å². The molecule has 0 saturated heterocycles. The van der Waals surface area contributed by atoms with Crippen LogP contribution >= 0.6 is 0 Å². The van der Waals surface area contributed by atoms with Crippen LogP contribution < -0.4 is 0 Å². The Morgan fingerprint density at radius 2 is 0.500 bits per heavy atom. The van der Waals surface area contributed by atoms with E-state index >= 15 is 8.78 Å². The van der Waals surface area contributed by atoms with Crippen LogP contribution in [-0.4, -0.2) is 77.0 Å². The van der Waals surface area contributed by atoms with Gasteiger partial charge in [0.2, 0.25) is 5.41 Å². The Bertz CT molecular complexity index is 1030. The van der Waals surface area contributed by atoms with E-state index in [4.69, 9.17) is 0 Å². The lowest BCUT2D eigenvalue weighted by molar-refractivity contribution is -0.596. The lowest BCUT2D eigenvalue weighted by Gasteiger charge is -2.69. The minimum absolute atomic E-state index is 9.03. The van der Waals surface area contributed by atoms with E-state index in [0.29, 0.717) is 0 Å². The first kappa shape index (κ1) is 34.4. The highest BCUT2D eigenvalue weighted by Gasteiger charge is 3.20. The summed E-state index contributed by atoms with van der Waals surface area (Å²) < 4.78 is 362. The molecular weight excluding hydrogens is 662 g/mol. The first-order valence-corrected chi connectivity index (χ1v) is 8.66. The van der Waals surface area contributed by atoms with Crippen molar-refractivity contribution < 1.29 is 114 Å². The maximum atomic E-state index is 15.5. The molecule has 2 aliphatic carbocycles. The summed E-state index contributed by atoms with van der Waals surface area (Å²) in [6, 6.07) is 0. The third-order valence-corrected chi connectivity index (χ3v) is 6.46. The second-order valence-electron chi connectivity index (χ2n) is 8.24. The monoisotopic (exact) mass is 662 g/mol. The molecule has 3 unspecified atom stereocenters. The predicted molar refractivity (Wildman–Crippen MR) is 66.7 cm³/mol. The van der Waals surface area contributed by atoms with Gasteiger partial charge in [0.1, 0.15) is 0 Å². The van der Waals surface area contributed by atoms with Gasteiger partial charge in [0.15, 0.2) is 0 Å². The minimum atomic E-state index is -10.6. The SMILES string of the molecule is FC(F)(F)C(F)(C(F)(F)F)C1(C(F)(F)F)C(F)(F)C(F)(F)C(F)(F)C2(F)C(F)(F)C(F)(F)C(F)(F)C(F)(F)C21F. The Morgan fingerprint density at radius 3 is 0.725 bits per heavy atom. The van der Waals surface area contributed by atoms with Crippen molar-refractivity contribution in [1.82, 2.24) is 0 Å². The first-order chi connectivity index (χ1) is 16.8. The van der Waals surface area contributed by atoms with Crippen molar-refractivity contribution in [2.24, 2.45) is 5.41 Å². The Hall–Kier alpha value is -1.82. The summed E-state index contributed by atoms with van der Waals surface area (Å²) in [5.74, 6) is -66.8. The summed E-state index contributed by atoms with van der Waals surface area (Å²) in [7, 11) is 0. The van der Waals surface area contributed by atoms with Crippen LogP contribution in [0.25, 0.3) is 0 Å². The Kier molecular flexibility index (Phi) is 6.19. The molecule has 0 aliphatic heterocycles. The molecule has 0 nitrogen and oxygen atoms in total. The second-order valence-corrected chi connectivity index (χ2v) is 8.24. The number of alkyl halides is 26. The van der Waals surface area contributed by atoms with Crippen LogP contribution in [0.15, 0.2) is 0 Å². The number of rotatable bonds is 1. The van der Waals surface area contributed by atoms with Gasteiger partial charge in [0, 0.05) is 0 Å². The zero-order chi connectivity index (χ0) is 33.0. The van der Waals surface area contributed by atoms with Crippen molar-refractivity contribution >= 4 is 0 Å². The highest BCUT2D eigenvalue weighted by Crippen LogP contribution is 2.88. The van der Waals surface area contributed by atoms with Gasteiger partial charge in [0.25, 0.3) is 11.3 Å². The predicted octanol–water partition coefficient (Wildman–Crippen LogP) is 8.26. The molecule has 0 amide bonds. The highest BCUT2D eigenvalue weighted by atomic mass is 19.4. The number of hydrogen-bond donors (Lipinski definition) is 0. The summed E-state index contributed by atoms with van der Waals surface area (Å²) in [6.45, 7) is 0. The third kappa shape index (κ3) is 2.52. The molecule has 0 N–H and O–H groups in total. The topological polar surface area (TPSA) is 0 Å². The van der Waals surface area contributed by atoms with Gasteiger partial charge in [-0.25, -0.2) is 13.2 Å². The quantitative estimate of drug-likeness (QED) is 0.248. The normalized spacial score (nSPS) is 38.0. The van der Waals surface area contributed by atoms with Crippen LogP contribution in [0.5, 0.6) is 0 Å². The average Bonchev–Trinajstić information content (AvgIpc) is 2.67. The fourth-order valence-corrected chi connectivity index (χ4v) is 4.64. The van der Waals surface area contributed by atoms with E-state index in [-0.39, 0.29) is 0 Å². The Balaban J connectivity index is 3.77. The van der Waals surface area contributed by atoms with E-state index < -0.39 is 82.4 Å². The summed E-state index contributed by atoms with van der Waals surface area (Å²) in [5.41, 5.74) is -41.3. The van der Waals surface area contributed by atoms with Gasteiger partial charge in [-0.3, -0.25) is 0 Å². The van der Waals surface area contributed by atoms with Gasteiger partial charge >= 0.3 is 65.7 Å². The van der Waals surface area contributed by atoms with Gasteiger partial charge < -0.3 is 0 Å². The summed E-state index contributed by atoms with van der Waals surface area (Å²) >= 11 is 0. The standard InChI is InChI=1S/C14F26/c15-2-1(12(32,33)34,3(16,13(35,36)37)14(38,39)40)5(18,19)9(26,27)7(22,23)4(2,17)8(24,25)11(30,31)10(28,29)6(2,20)21. The van der Waals surface area contributed by atoms with Gasteiger partial charge in [-0.05, 0) is 0 Å². The summed E-state index contributed by atoms with van der Waals surface area (Å²) in [4.78, 5) is 0. The van der Waals surface area contributed by atoms with Gasteiger partial charge in [-0.2, -0.15) is 101 Å². The number of hydrogen-bond acceptors (Lipinski definition) is 0. The van der Waals surface area contributed by atoms with Gasteiger partial charge in [-0.1, -0.05) is 0 Å². The Morgan fingerprint density at radius 1 is 0.275 bits per heavy atom. The molecule has 2 saturated carbocycles. The smallest absolute Gasteiger partial charge is 0.231 e. The van der Waals surface area contributed by atoms with Crippen molar-refractivity contribution in [2.45, 2.75) is 77.0 Å². The molecule has 0 radical (unpaired) electrons. The highest BCUT2D eigenvalue weighted by molar-refractivity contribution is 5.47. The maximum Gasteiger partial charge on any atom is 0.432 e. The Labute approximate surface area is 198 Å². The van der Waals surface area contributed by atoms with E-state index in [1.807, 2.05) is 0 Å². The lowest BCUT2D eigenvalue weighted by atomic mass is 9.41. The zero-order valence-corrected chi connectivity index (χ0v) is 16.8. The van der Waals surface area contributed by atoms with Gasteiger partial charge in [-0.15, -0.1) is 0 Å². The molecule has 0 aromatic rings. The summed E-state index contributed by atoms with van der Waals surface area (Å²) in [6.07, 6.45) is -28.7. The molecule has 40 heavy (non-hydrogen) atoms. The molecule has 0 bridgehead atoms. The molecule has 0 aromatic carbocycles. The molecule has 3 atom stereocenters. The van der Waals surface area contributed by atoms with Crippen LogP contribution in [0.3, 0.4) is 0 Å². The van der Waals surface area contributed by atoms with Crippen molar-refractivity contribution in [3.8, 4) is 0 Å². The van der Waals surface area contributed by atoms with E-state index in [2.05, 4.69) is 0 Å². The van der Waals surface area contributed by atoms with E-state index in [0.717, 1.165) is 0 Å². The average molecular weight is 662 g/mol. The molecule has 0 spiro atoms. The molecular formula is C14F26. The minimum Gasteiger partial charge on any atom is -0.231 e. The van der Waals surface area contributed by atoms with Crippen molar-refractivity contribution in [1.29, 1.82) is 0 Å². The van der Waals surface area contributed by atoms with Crippen LogP contribution in [0, 0.1) is 5.41 Å². The van der Waals surface area contributed by atoms with Crippen molar-refractivity contribution in [3.63, 3.8) is 0 Å². The fourth-order valence-electron chi connectivity index (χ4n) is 4.64. The molecule has 0 aromatic heterocycles. The maximum absolute atomic E-state index is 15.5. The van der Waals surface area contributed by atoms with Gasteiger partial charge in [0.05, 0.1) is 0 Å². The van der Waals surface area contributed by atoms with E-state index in [1.54, 1.807) is 0 Å². The van der Waals surface area contributed by atoms with Crippen molar-refractivity contribution in [3.05, 3.63) is 0 Å². The van der Waals surface area contributed by atoms with Crippen LogP contribution in [0.4, 0.5) is 114 Å². The molecule has 2 fully saturated rings. The fraction of sp³-hybridized carbons (Fsp3) is 1.00. The molecule has 0 heterocycles. The first-order valence-electron chi connectivity index (χ1n) is 8.66. The lowest BCUT2D eigenvalue weighted by Crippen LogP contribution is -3.02.